The van der Waals surface area contributed by atoms with Crippen LogP contribution in [0.25, 0.3) is 5.76 Å². The van der Waals surface area contributed by atoms with Crippen LogP contribution < -0.4 is 14.4 Å². The van der Waals surface area contributed by atoms with Gasteiger partial charge < -0.3 is 14.6 Å². The molecule has 1 unspecified atom stereocenters. The van der Waals surface area contributed by atoms with Crippen molar-refractivity contribution in [2.75, 3.05) is 18.1 Å². The number of benzene rings is 2. The van der Waals surface area contributed by atoms with E-state index in [0.717, 1.165) is 11.3 Å². The van der Waals surface area contributed by atoms with Crippen molar-refractivity contribution in [1.82, 2.24) is 4.98 Å². The van der Waals surface area contributed by atoms with E-state index >= 15 is 0 Å². The molecule has 1 saturated heterocycles. The minimum atomic E-state index is -0.891. The molecular formula is C29H30N2O5. The Morgan fingerprint density at radius 1 is 1.00 bits per heavy atom. The number of aliphatic hydroxyl groups is 1. The molecule has 7 nitrogen and oxygen atoms in total. The minimum absolute atomic E-state index is 0.00792. The number of hydrogen-bond acceptors (Lipinski definition) is 6. The predicted octanol–water partition coefficient (Wildman–Crippen LogP) is 5.63. The number of Topliss-reactive ketones (excluding diaryl/α,β-unsaturated/α-hetero) is 1. The van der Waals surface area contributed by atoms with Gasteiger partial charge in [-0.3, -0.25) is 19.5 Å². The van der Waals surface area contributed by atoms with Gasteiger partial charge in [0, 0.05) is 17.4 Å². The Labute approximate surface area is 211 Å². The zero-order valence-electron chi connectivity index (χ0n) is 20.9. The molecule has 1 atom stereocenters. The molecule has 2 heterocycles. The summed E-state index contributed by atoms with van der Waals surface area (Å²) < 4.78 is 11.3. The highest BCUT2D eigenvalue weighted by Crippen LogP contribution is 2.42. The van der Waals surface area contributed by atoms with E-state index in [1.807, 2.05) is 33.8 Å². The second kappa shape index (κ2) is 10.6. The number of carbonyl (C=O) groups is 2. The molecule has 0 saturated carbocycles. The van der Waals surface area contributed by atoms with Gasteiger partial charge in [0.15, 0.2) is 0 Å². The number of pyridine rings is 1. The van der Waals surface area contributed by atoms with Crippen LogP contribution in [0.3, 0.4) is 0 Å². The summed E-state index contributed by atoms with van der Waals surface area (Å²) >= 11 is 0. The summed E-state index contributed by atoms with van der Waals surface area (Å²) in [5.41, 5.74) is 2.31. The number of hydrogen-bond donors (Lipinski definition) is 1. The second-order valence-electron chi connectivity index (χ2n) is 8.69. The summed E-state index contributed by atoms with van der Waals surface area (Å²) in [6, 6.07) is 16.6. The smallest absolute Gasteiger partial charge is 0.300 e. The van der Waals surface area contributed by atoms with Crippen LogP contribution in [0.4, 0.5) is 5.69 Å². The number of anilines is 1. The Balaban J connectivity index is 1.87. The van der Waals surface area contributed by atoms with Crippen molar-refractivity contribution in [1.29, 1.82) is 0 Å². The fourth-order valence-electron chi connectivity index (χ4n) is 4.38. The maximum atomic E-state index is 13.4. The van der Waals surface area contributed by atoms with E-state index in [2.05, 4.69) is 4.98 Å². The lowest BCUT2D eigenvalue weighted by molar-refractivity contribution is -0.132. The summed E-state index contributed by atoms with van der Waals surface area (Å²) in [5.74, 6) is -0.245. The van der Waals surface area contributed by atoms with Crippen LogP contribution in [0.5, 0.6) is 11.5 Å². The van der Waals surface area contributed by atoms with E-state index in [1.165, 1.54) is 4.90 Å². The summed E-state index contributed by atoms with van der Waals surface area (Å²) in [7, 11) is 0. The van der Waals surface area contributed by atoms with E-state index in [-0.39, 0.29) is 17.3 Å². The lowest BCUT2D eigenvalue weighted by atomic mass is 9.94. The van der Waals surface area contributed by atoms with E-state index < -0.39 is 17.7 Å². The molecule has 1 aliphatic rings. The maximum absolute atomic E-state index is 13.4. The second-order valence-corrected chi connectivity index (χ2v) is 8.69. The Hall–Kier alpha value is -4.13. The Morgan fingerprint density at radius 2 is 1.72 bits per heavy atom. The molecule has 1 aliphatic heterocycles. The molecule has 0 bridgehead atoms. The average molecular weight is 487 g/mol. The zero-order valence-corrected chi connectivity index (χ0v) is 20.9. The molecule has 0 spiro atoms. The first-order valence-electron chi connectivity index (χ1n) is 12.1. The fourth-order valence-corrected chi connectivity index (χ4v) is 4.38. The third-order valence-electron chi connectivity index (χ3n) is 6.04. The third kappa shape index (κ3) is 4.69. The molecule has 0 radical (unpaired) electrons. The first-order valence-corrected chi connectivity index (χ1v) is 12.1. The summed E-state index contributed by atoms with van der Waals surface area (Å²) in [6.45, 7) is 8.88. The Bertz CT molecular complexity index is 1280. The van der Waals surface area contributed by atoms with Crippen molar-refractivity contribution in [3.8, 4) is 11.5 Å². The van der Waals surface area contributed by atoms with Crippen LogP contribution in [-0.4, -0.2) is 35.0 Å². The first kappa shape index (κ1) is 25.0. The molecule has 1 aromatic heterocycles. The fraction of sp³-hybridized carbons (Fsp3) is 0.276. The molecular weight excluding hydrogens is 456 g/mol. The highest BCUT2D eigenvalue weighted by Gasteiger charge is 2.47. The largest absolute Gasteiger partial charge is 0.507 e. The number of aromatic nitrogens is 1. The summed E-state index contributed by atoms with van der Waals surface area (Å²) in [4.78, 5) is 32.5. The van der Waals surface area contributed by atoms with Crippen molar-refractivity contribution in [3.05, 3.63) is 89.3 Å². The van der Waals surface area contributed by atoms with Gasteiger partial charge in [0.25, 0.3) is 11.7 Å². The normalized spacial score (nSPS) is 17.0. The average Bonchev–Trinajstić information content (AvgIpc) is 3.15. The van der Waals surface area contributed by atoms with Gasteiger partial charge in [0.2, 0.25) is 0 Å². The van der Waals surface area contributed by atoms with Gasteiger partial charge in [-0.1, -0.05) is 19.9 Å². The molecule has 4 rings (SSSR count). The minimum Gasteiger partial charge on any atom is -0.507 e. The van der Waals surface area contributed by atoms with Crippen LogP contribution >= 0.6 is 0 Å². The van der Waals surface area contributed by atoms with Crippen LogP contribution in [0, 0.1) is 0 Å². The number of aliphatic hydroxyl groups excluding tert-OH is 1. The van der Waals surface area contributed by atoms with E-state index in [0.29, 0.717) is 35.9 Å². The highest BCUT2D eigenvalue weighted by molar-refractivity contribution is 6.51. The zero-order chi connectivity index (χ0) is 25.8. The molecule has 0 aliphatic carbocycles. The number of ketones is 1. The van der Waals surface area contributed by atoms with Crippen molar-refractivity contribution in [3.63, 3.8) is 0 Å². The topological polar surface area (TPSA) is 89.0 Å². The van der Waals surface area contributed by atoms with E-state index in [1.54, 1.807) is 60.8 Å². The summed E-state index contributed by atoms with van der Waals surface area (Å²) in [5, 5.41) is 11.4. The van der Waals surface area contributed by atoms with Crippen molar-refractivity contribution in [2.24, 2.45) is 0 Å². The van der Waals surface area contributed by atoms with Crippen LogP contribution in [0.1, 0.15) is 56.5 Å². The van der Waals surface area contributed by atoms with Gasteiger partial charge in [-0.2, -0.15) is 0 Å². The molecule has 1 N–H and O–H groups in total. The summed E-state index contributed by atoms with van der Waals surface area (Å²) in [6.07, 6.45) is 1.60. The van der Waals surface area contributed by atoms with Gasteiger partial charge in [-0.05, 0) is 79.9 Å². The highest BCUT2D eigenvalue weighted by atomic mass is 16.5. The molecule has 186 valence electrons. The number of ether oxygens (including phenoxy) is 2. The lowest BCUT2D eigenvalue weighted by Crippen LogP contribution is -2.29. The molecule has 1 fully saturated rings. The standard InChI is InChI=1S/C29H30N2O5/c1-5-35-21-13-11-20(12-14-21)31-26(23-9-7-8-16-30-23)25(28(33)29(31)34)27(32)19-10-15-24(36-6-2)22(17-19)18(3)4/h7-18,26,32H,5-6H2,1-4H3/b27-25-. The quantitative estimate of drug-likeness (QED) is 0.252. The molecule has 3 aromatic rings. The van der Waals surface area contributed by atoms with Gasteiger partial charge in [0.05, 0.1) is 24.5 Å². The number of rotatable bonds is 8. The molecule has 2 aromatic carbocycles. The Morgan fingerprint density at radius 3 is 2.33 bits per heavy atom. The van der Waals surface area contributed by atoms with Crippen LogP contribution in [0.2, 0.25) is 0 Å². The SMILES string of the molecule is CCOc1ccc(N2C(=O)C(=O)/C(=C(\O)c3ccc(OCC)c(C(C)C)c3)C2c2ccccn2)cc1. The van der Waals surface area contributed by atoms with Crippen LogP contribution in [0.15, 0.2) is 72.4 Å². The van der Waals surface area contributed by atoms with Crippen molar-refractivity contribution >= 4 is 23.1 Å². The Kier molecular flexibility index (Phi) is 7.38. The van der Waals surface area contributed by atoms with Gasteiger partial charge >= 0.3 is 0 Å². The first-order chi connectivity index (χ1) is 17.4. The van der Waals surface area contributed by atoms with Crippen molar-refractivity contribution < 1.29 is 24.2 Å². The number of carbonyl (C=O) groups excluding carboxylic acids is 2. The third-order valence-corrected chi connectivity index (χ3v) is 6.04. The van der Waals surface area contributed by atoms with E-state index in [4.69, 9.17) is 9.47 Å². The van der Waals surface area contributed by atoms with Gasteiger partial charge in [-0.25, -0.2) is 0 Å². The van der Waals surface area contributed by atoms with Crippen LogP contribution in [-0.2, 0) is 9.59 Å². The molecule has 7 heteroatoms. The maximum Gasteiger partial charge on any atom is 0.300 e. The van der Waals surface area contributed by atoms with E-state index in [9.17, 15) is 14.7 Å². The number of amides is 1. The molecule has 1 amide bonds. The van der Waals surface area contributed by atoms with Gasteiger partial charge in [-0.15, -0.1) is 0 Å². The van der Waals surface area contributed by atoms with Crippen molar-refractivity contribution in [2.45, 2.75) is 39.7 Å². The number of nitrogens with zero attached hydrogens (tertiary/aromatic N) is 2. The lowest BCUT2D eigenvalue weighted by Gasteiger charge is -2.25. The predicted molar refractivity (Wildman–Crippen MR) is 138 cm³/mol. The monoisotopic (exact) mass is 486 g/mol. The van der Waals surface area contributed by atoms with Gasteiger partial charge in [0.1, 0.15) is 23.3 Å². The molecule has 36 heavy (non-hydrogen) atoms.